The number of hydrogen-bond acceptors (Lipinski definition) is 4. The lowest BCUT2D eigenvalue weighted by Crippen LogP contribution is -2.52. The van der Waals surface area contributed by atoms with Gasteiger partial charge in [0.2, 0.25) is 11.8 Å². The fourth-order valence-corrected chi connectivity index (χ4v) is 2.84. The molecule has 0 aliphatic heterocycles. The second-order valence-electron chi connectivity index (χ2n) is 6.98. The maximum absolute atomic E-state index is 12.9. The van der Waals surface area contributed by atoms with E-state index in [1.807, 2.05) is 44.2 Å². The topological polar surface area (TPSA) is 105 Å². The molecule has 0 saturated carbocycles. The minimum atomic E-state index is -1.07. The van der Waals surface area contributed by atoms with Gasteiger partial charge in [-0.15, -0.1) is 6.58 Å². The normalized spacial score (nSPS) is 14.0. The van der Waals surface area contributed by atoms with E-state index in [2.05, 4.69) is 17.2 Å². The number of amides is 2. The molecule has 0 spiro atoms. The maximum Gasteiger partial charge on any atom is 0.304 e. The first-order valence-electron chi connectivity index (χ1n) is 9.27. The minimum absolute atomic E-state index is 0.183. The van der Waals surface area contributed by atoms with Gasteiger partial charge in [0, 0.05) is 7.11 Å². The van der Waals surface area contributed by atoms with E-state index in [-0.39, 0.29) is 37.3 Å². The van der Waals surface area contributed by atoms with Crippen molar-refractivity contribution in [2.45, 2.75) is 38.8 Å². The molecule has 0 aromatic heterocycles. The van der Waals surface area contributed by atoms with E-state index < -0.39 is 23.8 Å². The van der Waals surface area contributed by atoms with E-state index in [0.717, 1.165) is 5.56 Å². The summed E-state index contributed by atoms with van der Waals surface area (Å²) >= 11 is 0. The molecule has 0 aliphatic carbocycles. The van der Waals surface area contributed by atoms with Crippen molar-refractivity contribution in [2.24, 2.45) is 11.8 Å². The smallest absolute Gasteiger partial charge is 0.304 e. The van der Waals surface area contributed by atoms with Gasteiger partial charge in [0.05, 0.1) is 25.0 Å². The summed E-state index contributed by atoms with van der Waals surface area (Å²) in [4.78, 5) is 36.4. The molecular weight excluding hydrogens is 360 g/mol. The lowest BCUT2D eigenvalue weighted by atomic mass is 9.97. The van der Waals surface area contributed by atoms with Crippen LogP contribution in [0.5, 0.6) is 0 Å². The van der Waals surface area contributed by atoms with Crippen LogP contribution >= 0.6 is 0 Å². The van der Waals surface area contributed by atoms with Crippen molar-refractivity contribution in [2.75, 3.05) is 13.7 Å². The molecule has 7 nitrogen and oxygen atoms in total. The van der Waals surface area contributed by atoms with Crippen LogP contribution < -0.4 is 10.6 Å². The molecule has 0 heterocycles. The Bertz CT molecular complexity index is 660. The van der Waals surface area contributed by atoms with Crippen LogP contribution in [0.15, 0.2) is 43.0 Å². The molecule has 1 rings (SSSR count). The molecule has 2 amide bonds. The van der Waals surface area contributed by atoms with Crippen LogP contribution in [-0.2, 0) is 19.1 Å². The van der Waals surface area contributed by atoms with Crippen LogP contribution in [0.25, 0.3) is 0 Å². The minimum Gasteiger partial charge on any atom is -0.481 e. The van der Waals surface area contributed by atoms with E-state index >= 15 is 0 Å². The highest BCUT2D eigenvalue weighted by Gasteiger charge is 2.29. The van der Waals surface area contributed by atoms with E-state index in [9.17, 15) is 14.4 Å². The Balaban J connectivity index is 2.90. The summed E-state index contributed by atoms with van der Waals surface area (Å²) in [5.74, 6) is -2.84. The van der Waals surface area contributed by atoms with Crippen molar-refractivity contribution in [3.63, 3.8) is 0 Å². The van der Waals surface area contributed by atoms with Crippen LogP contribution in [0.3, 0.4) is 0 Å². The Hall–Kier alpha value is -2.67. The molecule has 0 aliphatic rings. The first-order valence-corrected chi connectivity index (χ1v) is 9.27. The number of carboxylic acids is 1. The highest BCUT2D eigenvalue weighted by Crippen LogP contribution is 2.15. The lowest BCUT2D eigenvalue weighted by molar-refractivity contribution is -0.141. The molecule has 0 fully saturated rings. The summed E-state index contributed by atoms with van der Waals surface area (Å²) in [5.41, 5.74) is 0.891. The first kappa shape index (κ1) is 23.4. The molecule has 0 saturated heterocycles. The summed E-state index contributed by atoms with van der Waals surface area (Å²) in [7, 11) is 1.55. The first-order chi connectivity index (χ1) is 13.3. The second kappa shape index (κ2) is 11.9. The van der Waals surface area contributed by atoms with Crippen molar-refractivity contribution in [1.29, 1.82) is 0 Å². The zero-order valence-corrected chi connectivity index (χ0v) is 16.7. The fraction of sp³-hybridized carbons (Fsp3) is 0.476. The summed E-state index contributed by atoms with van der Waals surface area (Å²) in [6.45, 7) is 7.49. The van der Waals surface area contributed by atoms with Gasteiger partial charge in [-0.05, 0) is 17.9 Å². The molecule has 3 atom stereocenters. The van der Waals surface area contributed by atoms with Gasteiger partial charge in [-0.2, -0.15) is 0 Å². The molecule has 3 unspecified atom stereocenters. The van der Waals surface area contributed by atoms with Gasteiger partial charge >= 0.3 is 5.97 Å². The average Bonchev–Trinajstić information content (AvgIpc) is 2.65. The average molecular weight is 390 g/mol. The third-order valence-electron chi connectivity index (χ3n) is 4.34. The number of hydrogen-bond donors (Lipinski definition) is 3. The van der Waals surface area contributed by atoms with Crippen LogP contribution in [-0.4, -0.2) is 42.6 Å². The molecule has 1 aromatic rings. The standard InChI is InChI=1S/C21H30N2O5/c1-5-9-16(12-18(24)25)20(26)23-19(14(2)3)21(27)22-17(13-28-4)15-10-7-6-8-11-15/h5-8,10-11,14,16-17,19H,1,9,12-13H2,2-4H3,(H,22,27)(H,23,26)(H,24,25). The summed E-state index contributed by atoms with van der Waals surface area (Å²) < 4.78 is 5.22. The maximum atomic E-state index is 12.9. The quantitative estimate of drug-likeness (QED) is 0.475. The van der Waals surface area contributed by atoms with E-state index in [1.165, 1.54) is 6.08 Å². The Morgan fingerprint density at radius 1 is 1.14 bits per heavy atom. The number of methoxy groups -OCH3 is 1. The number of rotatable bonds is 12. The number of allylic oxidation sites excluding steroid dienone is 1. The monoisotopic (exact) mass is 390 g/mol. The zero-order chi connectivity index (χ0) is 21.1. The molecule has 28 heavy (non-hydrogen) atoms. The fourth-order valence-electron chi connectivity index (χ4n) is 2.84. The Morgan fingerprint density at radius 2 is 1.79 bits per heavy atom. The third-order valence-corrected chi connectivity index (χ3v) is 4.34. The van der Waals surface area contributed by atoms with Crippen LogP contribution in [0.2, 0.25) is 0 Å². The van der Waals surface area contributed by atoms with Crippen molar-refractivity contribution in [3.8, 4) is 0 Å². The Labute approximate surface area is 166 Å². The van der Waals surface area contributed by atoms with Crippen LogP contribution in [0.4, 0.5) is 0 Å². The van der Waals surface area contributed by atoms with Crippen molar-refractivity contribution < 1.29 is 24.2 Å². The van der Waals surface area contributed by atoms with Gasteiger partial charge in [0.25, 0.3) is 0 Å². The Morgan fingerprint density at radius 3 is 2.29 bits per heavy atom. The predicted molar refractivity (Wildman–Crippen MR) is 107 cm³/mol. The molecule has 154 valence electrons. The lowest BCUT2D eigenvalue weighted by Gasteiger charge is -2.27. The number of carboxylic acid groups (broad SMARTS) is 1. The van der Waals surface area contributed by atoms with Crippen molar-refractivity contribution >= 4 is 17.8 Å². The van der Waals surface area contributed by atoms with Gasteiger partial charge in [-0.1, -0.05) is 50.3 Å². The highest BCUT2D eigenvalue weighted by atomic mass is 16.5. The third kappa shape index (κ3) is 7.52. The number of benzene rings is 1. The molecule has 1 aromatic carbocycles. The summed E-state index contributed by atoms with van der Waals surface area (Å²) in [6.07, 6.45) is 1.41. The van der Waals surface area contributed by atoms with Gasteiger partial charge in [0.15, 0.2) is 0 Å². The van der Waals surface area contributed by atoms with Crippen LogP contribution in [0.1, 0.15) is 38.3 Å². The number of aliphatic carboxylic acids is 1. The van der Waals surface area contributed by atoms with Crippen molar-refractivity contribution in [1.82, 2.24) is 10.6 Å². The molecule has 0 radical (unpaired) electrons. The number of carbonyl (C=O) groups is 3. The molecule has 7 heteroatoms. The van der Waals surface area contributed by atoms with Gasteiger partial charge in [-0.3, -0.25) is 14.4 Å². The van der Waals surface area contributed by atoms with Gasteiger partial charge in [-0.25, -0.2) is 0 Å². The highest BCUT2D eigenvalue weighted by molar-refractivity contribution is 5.90. The SMILES string of the molecule is C=CCC(CC(=O)O)C(=O)NC(C(=O)NC(COC)c1ccccc1)C(C)C. The molecule has 0 bridgehead atoms. The second-order valence-corrected chi connectivity index (χ2v) is 6.98. The van der Waals surface area contributed by atoms with E-state index in [1.54, 1.807) is 7.11 Å². The predicted octanol–water partition coefficient (Wildman–Crippen LogP) is 2.30. The number of nitrogens with one attached hydrogen (secondary N) is 2. The van der Waals surface area contributed by atoms with E-state index in [0.29, 0.717) is 0 Å². The zero-order valence-electron chi connectivity index (χ0n) is 16.7. The van der Waals surface area contributed by atoms with Crippen molar-refractivity contribution in [3.05, 3.63) is 48.6 Å². The van der Waals surface area contributed by atoms with E-state index in [4.69, 9.17) is 9.84 Å². The molecule has 3 N–H and O–H groups in total. The number of carbonyl (C=O) groups excluding carboxylic acids is 2. The van der Waals surface area contributed by atoms with Crippen LogP contribution in [0, 0.1) is 11.8 Å². The van der Waals surface area contributed by atoms with Gasteiger partial charge in [0.1, 0.15) is 6.04 Å². The summed E-state index contributed by atoms with van der Waals surface area (Å²) in [5, 5.41) is 14.6. The largest absolute Gasteiger partial charge is 0.481 e. The summed E-state index contributed by atoms with van der Waals surface area (Å²) in [6, 6.07) is 8.25. The van der Waals surface area contributed by atoms with Gasteiger partial charge < -0.3 is 20.5 Å². The number of ether oxygens (including phenoxy) is 1. The molecular formula is C21H30N2O5. The Kier molecular flexibility index (Phi) is 9.95.